The van der Waals surface area contributed by atoms with E-state index in [1.807, 2.05) is 73.7 Å². The Bertz CT molecular complexity index is 970. The van der Waals surface area contributed by atoms with Crippen LogP contribution in [-0.2, 0) is 4.79 Å². The third kappa shape index (κ3) is 5.44. The molecule has 1 N–H and O–H groups in total. The Labute approximate surface area is 169 Å². The van der Waals surface area contributed by atoms with Crippen LogP contribution in [0.5, 0.6) is 11.6 Å². The highest BCUT2D eigenvalue weighted by Crippen LogP contribution is 2.32. The zero-order valence-electron chi connectivity index (χ0n) is 15.7. The fourth-order valence-electron chi connectivity index (χ4n) is 2.68. The number of benzene rings is 2. The first-order valence-electron chi connectivity index (χ1n) is 8.95. The molecule has 3 aromatic rings. The number of amides is 1. The molecule has 0 saturated carbocycles. The van der Waals surface area contributed by atoms with Crippen LogP contribution in [-0.4, -0.2) is 16.9 Å². The molecular weight excluding hydrogens is 372 g/mol. The van der Waals surface area contributed by atoms with E-state index in [-0.39, 0.29) is 11.9 Å². The van der Waals surface area contributed by atoms with Gasteiger partial charge in [-0.1, -0.05) is 60.2 Å². The van der Waals surface area contributed by atoms with Gasteiger partial charge in [0.2, 0.25) is 11.8 Å². The molecule has 142 valence electrons. The van der Waals surface area contributed by atoms with Gasteiger partial charge in [0.25, 0.3) is 0 Å². The molecular formula is C23H21ClN2O2. The van der Waals surface area contributed by atoms with Crippen LogP contribution in [0.15, 0.2) is 72.9 Å². The zero-order valence-corrected chi connectivity index (χ0v) is 16.5. The molecule has 1 atom stereocenters. The van der Waals surface area contributed by atoms with E-state index >= 15 is 0 Å². The van der Waals surface area contributed by atoms with Crippen LogP contribution < -0.4 is 10.1 Å². The summed E-state index contributed by atoms with van der Waals surface area (Å²) in [6.07, 6.45) is 5.51. The molecule has 0 aliphatic heterocycles. The van der Waals surface area contributed by atoms with E-state index in [2.05, 4.69) is 10.3 Å². The number of halogens is 1. The van der Waals surface area contributed by atoms with Crippen molar-refractivity contribution in [3.63, 3.8) is 0 Å². The number of rotatable bonds is 6. The van der Waals surface area contributed by atoms with Gasteiger partial charge < -0.3 is 10.1 Å². The van der Waals surface area contributed by atoms with Crippen LogP contribution in [0.25, 0.3) is 17.2 Å². The summed E-state index contributed by atoms with van der Waals surface area (Å²) in [7, 11) is 0. The van der Waals surface area contributed by atoms with Crippen molar-refractivity contribution in [1.29, 1.82) is 0 Å². The molecule has 0 spiro atoms. The minimum Gasteiger partial charge on any atom is -0.437 e. The molecule has 1 aromatic heterocycles. The fourth-order valence-corrected chi connectivity index (χ4v) is 2.90. The van der Waals surface area contributed by atoms with Crippen molar-refractivity contribution in [3.8, 4) is 22.8 Å². The van der Waals surface area contributed by atoms with Gasteiger partial charge in [-0.3, -0.25) is 4.79 Å². The SMILES string of the molecule is CC(=O)N[C@@H](C)/C=C/c1ccc(Oc2ccc(-c3ccccc3)cc2Cl)nc1. The summed E-state index contributed by atoms with van der Waals surface area (Å²) in [5, 5.41) is 3.32. The van der Waals surface area contributed by atoms with E-state index in [4.69, 9.17) is 16.3 Å². The van der Waals surface area contributed by atoms with Crippen LogP contribution in [0, 0.1) is 0 Å². The van der Waals surface area contributed by atoms with Gasteiger partial charge >= 0.3 is 0 Å². The number of aromatic nitrogens is 1. The summed E-state index contributed by atoms with van der Waals surface area (Å²) in [5.41, 5.74) is 3.04. The quantitative estimate of drug-likeness (QED) is 0.582. The largest absolute Gasteiger partial charge is 0.437 e. The Morgan fingerprint density at radius 1 is 1.11 bits per heavy atom. The van der Waals surface area contributed by atoms with E-state index in [0.29, 0.717) is 16.7 Å². The van der Waals surface area contributed by atoms with E-state index < -0.39 is 0 Å². The van der Waals surface area contributed by atoms with Crippen LogP contribution in [0.3, 0.4) is 0 Å². The first-order chi connectivity index (χ1) is 13.5. The standard InChI is InChI=1S/C23H21ClN2O2/c1-16(26-17(2)27)8-9-18-10-13-23(25-15-18)28-22-12-11-20(14-21(22)24)19-6-4-3-5-7-19/h3-16H,1-2H3,(H,26,27)/b9-8+/t16-/m0/s1. The van der Waals surface area contributed by atoms with Crippen molar-refractivity contribution in [2.24, 2.45) is 0 Å². The molecule has 3 rings (SSSR count). The molecule has 0 aliphatic rings. The van der Waals surface area contributed by atoms with Gasteiger partial charge in [-0.2, -0.15) is 0 Å². The van der Waals surface area contributed by atoms with Crippen LogP contribution in [0.4, 0.5) is 0 Å². The molecule has 28 heavy (non-hydrogen) atoms. The number of hydrogen-bond acceptors (Lipinski definition) is 3. The van der Waals surface area contributed by atoms with Crippen molar-refractivity contribution in [1.82, 2.24) is 10.3 Å². The van der Waals surface area contributed by atoms with Crippen molar-refractivity contribution >= 4 is 23.6 Å². The lowest BCUT2D eigenvalue weighted by Crippen LogP contribution is -2.28. The Kier molecular flexibility index (Phi) is 6.45. The third-order valence-electron chi connectivity index (χ3n) is 4.02. The van der Waals surface area contributed by atoms with Crippen molar-refractivity contribution < 1.29 is 9.53 Å². The molecule has 2 aromatic carbocycles. The molecule has 0 radical (unpaired) electrons. The van der Waals surface area contributed by atoms with Crippen LogP contribution in [0.1, 0.15) is 19.4 Å². The van der Waals surface area contributed by atoms with Crippen LogP contribution in [0.2, 0.25) is 5.02 Å². The maximum Gasteiger partial charge on any atom is 0.219 e. The van der Waals surface area contributed by atoms with Gasteiger partial charge in [0.05, 0.1) is 5.02 Å². The lowest BCUT2D eigenvalue weighted by Gasteiger charge is -2.09. The molecule has 0 saturated heterocycles. The highest BCUT2D eigenvalue weighted by molar-refractivity contribution is 6.32. The summed E-state index contributed by atoms with van der Waals surface area (Å²) in [6, 6.07) is 19.4. The number of pyridine rings is 1. The lowest BCUT2D eigenvalue weighted by molar-refractivity contribution is -0.119. The Morgan fingerprint density at radius 2 is 1.89 bits per heavy atom. The summed E-state index contributed by atoms with van der Waals surface area (Å²) in [5.74, 6) is 0.951. The van der Waals surface area contributed by atoms with Gasteiger partial charge in [-0.15, -0.1) is 0 Å². The number of carbonyl (C=O) groups is 1. The lowest BCUT2D eigenvalue weighted by atomic mass is 10.1. The molecule has 1 heterocycles. The first-order valence-corrected chi connectivity index (χ1v) is 9.33. The number of nitrogens with zero attached hydrogens (tertiary/aromatic N) is 1. The topological polar surface area (TPSA) is 51.2 Å². The average Bonchev–Trinajstić information content (AvgIpc) is 2.69. The smallest absolute Gasteiger partial charge is 0.219 e. The first kappa shape index (κ1) is 19.6. The number of nitrogens with one attached hydrogen (secondary N) is 1. The summed E-state index contributed by atoms with van der Waals surface area (Å²) in [6.45, 7) is 3.40. The fraction of sp³-hybridized carbons (Fsp3) is 0.130. The minimum atomic E-state index is -0.0609. The Hall–Kier alpha value is -3.11. The highest BCUT2D eigenvalue weighted by Gasteiger charge is 2.07. The monoisotopic (exact) mass is 392 g/mol. The third-order valence-corrected chi connectivity index (χ3v) is 4.32. The number of ether oxygens (including phenoxy) is 1. The highest BCUT2D eigenvalue weighted by atomic mass is 35.5. The summed E-state index contributed by atoms with van der Waals surface area (Å²) >= 11 is 6.39. The zero-order chi connectivity index (χ0) is 19.9. The van der Waals surface area contributed by atoms with E-state index in [1.165, 1.54) is 6.92 Å². The maximum absolute atomic E-state index is 11.0. The molecule has 0 aliphatic carbocycles. The molecule has 0 bridgehead atoms. The predicted molar refractivity (Wildman–Crippen MR) is 114 cm³/mol. The number of carbonyl (C=O) groups excluding carboxylic acids is 1. The van der Waals surface area contributed by atoms with Gasteiger partial charge in [0.1, 0.15) is 5.75 Å². The molecule has 1 amide bonds. The van der Waals surface area contributed by atoms with Crippen molar-refractivity contribution in [2.45, 2.75) is 19.9 Å². The van der Waals surface area contributed by atoms with Gasteiger partial charge in [-0.05, 0) is 41.8 Å². The van der Waals surface area contributed by atoms with E-state index in [9.17, 15) is 4.79 Å². The van der Waals surface area contributed by atoms with E-state index in [1.54, 1.807) is 12.3 Å². The molecule has 0 fully saturated rings. The maximum atomic E-state index is 11.0. The van der Waals surface area contributed by atoms with Gasteiger partial charge in [0.15, 0.2) is 0 Å². The second-order valence-electron chi connectivity index (χ2n) is 6.39. The van der Waals surface area contributed by atoms with E-state index in [0.717, 1.165) is 16.7 Å². The Balaban J connectivity index is 1.67. The normalized spacial score (nSPS) is 12.0. The second kappa shape index (κ2) is 9.20. The van der Waals surface area contributed by atoms with Crippen LogP contribution >= 0.6 is 11.6 Å². The summed E-state index contributed by atoms with van der Waals surface area (Å²) < 4.78 is 5.81. The van der Waals surface area contributed by atoms with Crippen molar-refractivity contribution in [2.75, 3.05) is 0 Å². The number of hydrogen-bond donors (Lipinski definition) is 1. The van der Waals surface area contributed by atoms with Gasteiger partial charge in [-0.25, -0.2) is 4.98 Å². The molecule has 5 heteroatoms. The van der Waals surface area contributed by atoms with Gasteiger partial charge in [0, 0.05) is 25.2 Å². The Morgan fingerprint density at radius 3 is 2.54 bits per heavy atom. The minimum absolute atomic E-state index is 0.0460. The predicted octanol–water partition coefficient (Wildman–Crippen LogP) is 5.73. The molecule has 0 unspecified atom stereocenters. The summed E-state index contributed by atoms with van der Waals surface area (Å²) in [4.78, 5) is 15.3. The average molecular weight is 393 g/mol. The molecule has 4 nitrogen and oxygen atoms in total. The second-order valence-corrected chi connectivity index (χ2v) is 6.80. The van der Waals surface area contributed by atoms with Crippen molar-refractivity contribution in [3.05, 3.63) is 83.5 Å².